The predicted octanol–water partition coefficient (Wildman–Crippen LogP) is 0.839. The maximum atomic E-state index is 9.94. The van der Waals surface area contributed by atoms with Gasteiger partial charge in [-0.3, -0.25) is 4.98 Å². The van der Waals surface area contributed by atoms with Gasteiger partial charge in [-0.15, -0.1) is 0 Å². The van der Waals surface area contributed by atoms with Crippen molar-refractivity contribution in [1.29, 1.82) is 0 Å². The van der Waals surface area contributed by atoms with Crippen molar-refractivity contribution in [2.45, 2.75) is 45.9 Å². The van der Waals surface area contributed by atoms with Gasteiger partial charge in [0.1, 0.15) is 5.75 Å². The fourth-order valence-electron chi connectivity index (χ4n) is 1.79. The van der Waals surface area contributed by atoms with Gasteiger partial charge in [-0.25, -0.2) is 0 Å². The first-order valence-corrected chi connectivity index (χ1v) is 6.21. The number of rotatable bonds is 7. The fraction of sp³-hybridized carbons (Fsp3) is 0.615. The van der Waals surface area contributed by atoms with Crippen LogP contribution in [0.1, 0.15) is 36.6 Å². The molecule has 0 bridgehead atoms. The minimum atomic E-state index is -0.136. The summed E-state index contributed by atoms with van der Waals surface area (Å²) in [6, 6.07) is 0.247. The Hall–Kier alpha value is -1.17. The lowest BCUT2D eigenvalue weighted by Gasteiger charge is -2.16. The molecule has 0 radical (unpaired) electrons. The number of aliphatic hydroxyl groups excluding tert-OH is 2. The van der Waals surface area contributed by atoms with Crippen LogP contribution in [0.5, 0.6) is 5.75 Å². The monoisotopic (exact) mass is 254 g/mol. The highest BCUT2D eigenvalue weighted by atomic mass is 16.3. The van der Waals surface area contributed by atoms with Crippen molar-refractivity contribution in [2.24, 2.45) is 0 Å². The van der Waals surface area contributed by atoms with E-state index in [1.54, 1.807) is 13.1 Å². The van der Waals surface area contributed by atoms with E-state index >= 15 is 0 Å². The molecule has 1 atom stereocenters. The Balaban J connectivity index is 2.68. The minimum absolute atomic E-state index is 0.136. The highest BCUT2D eigenvalue weighted by molar-refractivity contribution is 5.40. The highest BCUT2D eigenvalue weighted by Crippen LogP contribution is 2.23. The summed E-state index contributed by atoms with van der Waals surface area (Å²) >= 11 is 0. The third-order valence-corrected chi connectivity index (χ3v) is 3.02. The predicted molar refractivity (Wildman–Crippen MR) is 69.2 cm³/mol. The molecule has 0 spiro atoms. The van der Waals surface area contributed by atoms with Gasteiger partial charge in [-0.2, -0.15) is 0 Å². The van der Waals surface area contributed by atoms with Gasteiger partial charge in [-0.1, -0.05) is 0 Å². The van der Waals surface area contributed by atoms with Gasteiger partial charge in [0, 0.05) is 36.5 Å². The van der Waals surface area contributed by atoms with E-state index in [0.717, 1.165) is 12.8 Å². The van der Waals surface area contributed by atoms with Crippen molar-refractivity contribution in [3.05, 3.63) is 23.0 Å². The summed E-state index contributed by atoms with van der Waals surface area (Å²) in [4.78, 5) is 4.02. The summed E-state index contributed by atoms with van der Waals surface area (Å²) in [6.07, 6.45) is 3.21. The first-order chi connectivity index (χ1) is 8.60. The lowest BCUT2D eigenvalue weighted by Crippen LogP contribution is -2.26. The standard InChI is InChI=1S/C13H22N2O3/c1-9(4-3-5-16)14-7-12-11(8-17)6-15-10(2)13(12)18/h6,9,14,16-18H,3-5,7-8H2,1-2H3. The molecule has 1 unspecified atom stereocenters. The van der Waals surface area contributed by atoms with Crippen LogP contribution in [0.25, 0.3) is 0 Å². The van der Waals surface area contributed by atoms with Gasteiger partial charge in [0.05, 0.1) is 12.3 Å². The SMILES string of the molecule is Cc1ncc(CO)c(CNC(C)CCCO)c1O. The maximum absolute atomic E-state index is 9.94. The molecule has 102 valence electrons. The molecule has 1 aromatic rings. The first-order valence-electron chi connectivity index (χ1n) is 6.21. The van der Waals surface area contributed by atoms with Crippen LogP contribution in [-0.2, 0) is 13.2 Å². The Morgan fingerprint density at radius 2 is 2.11 bits per heavy atom. The Morgan fingerprint density at radius 1 is 1.39 bits per heavy atom. The van der Waals surface area contributed by atoms with E-state index in [0.29, 0.717) is 23.4 Å². The number of hydrogen-bond donors (Lipinski definition) is 4. The van der Waals surface area contributed by atoms with Crippen molar-refractivity contribution in [2.75, 3.05) is 6.61 Å². The fourth-order valence-corrected chi connectivity index (χ4v) is 1.79. The molecule has 0 aliphatic heterocycles. The molecule has 0 saturated heterocycles. The van der Waals surface area contributed by atoms with Crippen molar-refractivity contribution < 1.29 is 15.3 Å². The molecule has 0 fully saturated rings. The first kappa shape index (κ1) is 14.9. The van der Waals surface area contributed by atoms with Crippen LogP contribution in [0.15, 0.2) is 6.20 Å². The van der Waals surface area contributed by atoms with Crippen LogP contribution in [0, 0.1) is 6.92 Å². The third kappa shape index (κ3) is 3.94. The summed E-state index contributed by atoms with van der Waals surface area (Å²) in [5, 5.41) is 31.2. The molecule has 4 N–H and O–H groups in total. The second-order valence-electron chi connectivity index (χ2n) is 4.50. The Labute approximate surface area is 108 Å². The quantitative estimate of drug-likeness (QED) is 0.579. The van der Waals surface area contributed by atoms with Gasteiger partial charge in [0.25, 0.3) is 0 Å². The summed E-state index contributed by atoms with van der Waals surface area (Å²) < 4.78 is 0. The summed E-state index contributed by atoms with van der Waals surface area (Å²) in [7, 11) is 0. The van der Waals surface area contributed by atoms with Crippen LogP contribution in [0.4, 0.5) is 0 Å². The van der Waals surface area contributed by atoms with E-state index < -0.39 is 0 Å². The number of nitrogens with zero attached hydrogens (tertiary/aromatic N) is 1. The van der Waals surface area contributed by atoms with Crippen LogP contribution < -0.4 is 5.32 Å². The van der Waals surface area contributed by atoms with E-state index in [2.05, 4.69) is 10.3 Å². The molecule has 0 aliphatic carbocycles. The number of aromatic hydroxyl groups is 1. The Morgan fingerprint density at radius 3 is 2.72 bits per heavy atom. The minimum Gasteiger partial charge on any atom is -0.506 e. The Kier molecular flexibility index (Phi) is 6.04. The van der Waals surface area contributed by atoms with Crippen molar-refractivity contribution in [3.8, 4) is 5.75 Å². The molecule has 5 heteroatoms. The molecular weight excluding hydrogens is 232 g/mol. The molecule has 1 rings (SSSR count). The van der Waals surface area contributed by atoms with Gasteiger partial charge >= 0.3 is 0 Å². The average molecular weight is 254 g/mol. The molecule has 0 aliphatic rings. The third-order valence-electron chi connectivity index (χ3n) is 3.02. The van der Waals surface area contributed by atoms with Crippen LogP contribution in [0.3, 0.4) is 0 Å². The van der Waals surface area contributed by atoms with Crippen molar-refractivity contribution in [3.63, 3.8) is 0 Å². The highest BCUT2D eigenvalue weighted by Gasteiger charge is 2.12. The molecule has 0 aromatic carbocycles. The van der Waals surface area contributed by atoms with E-state index in [1.165, 1.54) is 0 Å². The van der Waals surface area contributed by atoms with Gasteiger partial charge < -0.3 is 20.6 Å². The number of aromatic nitrogens is 1. The lowest BCUT2D eigenvalue weighted by molar-refractivity contribution is 0.274. The average Bonchev–Trinajstić information content (AvgIpc) is 2.38. The number of aryl methyl sites for hydroxylation is 1. The van der Waals surface area contributed by atoms with E-state index in [9.17, 15) is 10.2 Å². The second-order valence-corrected chi connectivity index (χ2v) is 4.50. The summed E-state index contributed by atoms with van der Waals surface area (Å²) in [6.45, 7) is 4.29. The Bertz CT molecular complexity index is 383. The van der Waals surface area contributed by atoms with Crippen LogP contribution in [0.2, 0.25) is 0 Å². The molecule has 5 nitrogen and oxygen atoms in total. The maximum Gasteiger partial charge on any atom is 0.141 e. The zero-order chi connectivity index (χ0) is 13.5. The number of nitrogens with one attached hydrogen (secondary N) is 1. The number of aliphatic hydroxyl groups is 2. The van der Waals surface area contributed by atoms with E-state index in [1.807, 2.05) is 6.92 Å². The molecule has 0 saturated carbocycles. The molecule has 18 heavy (non-hydrogen) atoms. The largest absolute Gasteiger partial charge is 0.506 e. The van der Waals surface area contributed by atoms with Gasteiger partial charge in [-0.05, 0) is 26.7 Å². The van der Waals surface area contributed by atoms with E-state index in [-0.39, 0.29) is 25.0 Å². The van der Waals surface area contributed by atoms with Gasteiger partial charge in [0.15, 0.2) is 0 Å². The normalized spacial score (nSPS) is 12.7. The second kappa shape index (κ2) is 7.31. The lowest BCUT2D eigenvalue weighted by atomic mass is 10.1. The van der Waals surface area contributed by atoms with Crippen molar-refractivity contribution >= 4 is 0 Å². The number of pyridine rings is 1. The molecule has 0 amide bonds. The molecule has 1 aromatic heterocycles. The van der Waals surface area contributed by atoms with Gasteiger partial charge in [0.2, 0.25) is 0 Å². The molecular formula is C13H22N2O3. The zero-order valence-corrected chi connectivity index (χ0v) is 11.0. The summed E-state index contributed by atoms with van der Waals surface area (Å²) in [5.41, 5.74) is 1.90. The summed E-state index contributed by atoms with van der Waals surface area (Å²) in [5.74, 6) is 0.142. The van der Waals surface area contributed by atoms with Crippen molar-refractivity contribution in [1.82, 2.24) is 10.3 Å². The topological polar surface area (TPSA) is 85.6 Å². The number of hydrogen-bond acceptors (Lipinski definition) is 5. The molecule has 1 heterocycles. The van der Waals surface area contributed by atoms with Crippen LogP contribution >= 0.6 is 0 Å². The smallest absolute Gasteiger partial charge is 0.141 e. The zero-order valence-electron chi connectivity index (χ0n) is 11.0. The van der Waals surface area contributed by atoms with E-state index in [4.69, 9.17) is 5.11 Å². The van der Waals surface area contributed by atoms with Crippen LogP contribution in [-0.4, -0.2) is 33.0 Å².